The number of para-hydroxylation sites is 2. The van der Waals surface area contributed by atoms with Crippen molar-refractivity contribution in [2.45, 2.75) is 65.5 Å². The maximum absolute atomic E-state index is 11.2. The summed E-state index contributed by atoms with van der Waals surface area (Å²) in [6, 6.07) is 22.3. The molecule has 6 heteroatoms. The van der Waals surface area contributed by atoms with Crippen LogP contribution < -0.4 is 5.62 Å². The molecular weight excluding hydrogens is 460 g/mol. The zero-order valence-electron chi connectivity index (χ0n) is 23.0. The Balaban J connectivity index is 1.87. The smallest absolute Gasteiger partial charge is 0.203 e. The van der Waals surface area contributed by atoms with Crippen LogP contribution in [0, 0.1) is 5.41 Å². The SMILES string of the molecule is CON=C(Cn1c(=N)n(Cc2ccccc2)c2ccccc21)c1cc(C(C)(C)C)c(O)c(C(C)(C)C)c1. The van der Waals surface area contributed by atoms with E-state index in [1.54, 1.807) is 7.11 Å². The van der Waals surface area contributed by atoms with Gasteiger partial charge in [0.15, 0.2) is 0 Å². The highest BCUT2D eigenvalue weighted by Gasteiger charge is 2.28. The minimum Gasteiger partial charge on any atom is -0.507 e. The number of benzene rings is 3. The van der Waals surface area contributed by atoms with Crippen LogP contribution in [-0.2, 0) is 28.8 Å². The molecule has 0 aliphatic heterocycles. The number of nitrogens with one attached hydrogen (secondary N) is 1. The first kappa shape index (κ1) is 26.3. The number of phenolic OH excluding ortho intramolecular Hbond substituents is 1. The van der Waals surface area contributed by atoms with Crippen molar-refractivity contribution in [3.63, 3.8) is 0 Å². The molecule has 194 valence electrons. The van der Waals surface area contributed by atoms with E-state index in [0.717, 1.165) is 33.3 Å². The van der Waals surface area contributed by atoms with Gasteiger partial charge in [-0.05, 0) is 40.7 Å². The van der Waals surface area contributed by atoms with Crippen LogP contribution in [0.1, 0.15) is 63.8 Å². The molecule has 37 heavy (non-hydrogen) atoms. The van der Waals surface area contributed by atoms with Gasteiger partial charge in [0.25, 0.3) is 0 Å². The van der Waals surface area contributed by atoms with Crippen LogP contribution in [0.2, 0.25) is 0 Å². The average Bonchev–Trinajstić information content (AvgIpc) is 3.09. The van der Waals surface area contributed by atoms with Gasteiger partial charge in [-0.3, -0.25) is 5.41 Å². The molecule has 0 radical (unpaired) electrons. The summed E-state index contributed by atoms with van der Waals surface area (Å²) in [6.45, 7) is 13.5. The van der Waals surface area contributed by atoms with E-state index in [1.807, 2.05) is 57.7 Å². The summed E-state index contributed by atoms with van der Waals surface area (Å²) in [5.41, 5.74) is 6.24. The van der Waals surface area contributed by atoms with Gasteiger partial charge in [0, 0.05) is 16.7 Å². The van der Waals surface area contributed by atoms with E-state index in [9.17, 15) is 5.11 Å². The lowest BCUT2D eigenvalue weighted by molar-refractivity contribution is 0.212. The molecule has 0 saturated carbocycles. The second kappa shape index (κ2) is 9.92. The second-order valence-electron chi connectivity index (χ2n) is 11.6. The number of fused-ring (bicyclic) bond motifs is 1. The molecule has 0 saturated heterocycles. The maximum Gasteiger partial charge on any atom is 0.203 e. The lowest BCUT2D eigenvalue weighted by Crippen LogP contribution is -2.28. The van der Waals surface area contributed by atoms with E-state index in [-0.39, 0.29) is 10.8 Å². The summed E-state index contributed by atoms with van der Waals surface area (Å²) in [5, 5.41) is 24.8. The highest BCUT2D eigenvalue weighted by Crippen LogP contribution is 2.40. The van der Waals surface area contributed by atoms with E-state index >= 15 is 0 Å². The molecule has 0 unspecified atom stereocenters. The number of phenols is 1. The molecule has 3 aromatic carbocycles. The number of oxime groups is 1. The van der Waals surface area contributed by atoms with Crippen molar-refractivity contribution in [3.8, 4) is 5.75 Å². The predicted molar refractivity (Wildman–Crippen MR) is 150 cm³/mol. The zero-order chi connectivity index (χ0) is 27.0. The monoisotopic (exact) mass is 498 g/mol. The first-order valence-electron chi connectivity index (χ1n) is 12.7. The molecule has 0 atom stereocenters. The number of aromatic hydroxyl groups is 1. The van der Waals surface area contributed by atoms with Crippen molar-refractivity contribution in [2.75, 3.05) is 7.11 Å². The van der Waals surface area contributed by atoms with Crippen LogP contribution in [0.25, 0.3) is 11.0 Å². The molecule has 0 aliphatic carbocycles. The van der Waals surface area contributed by atoms with Crippen molar-refractivity contribution in [1.82, 2.24) is 9.13 Å². The van der Waals surface area contributed by atoms with Crippen molar-refractivity contribution < 1.29 is 9.94 Å². The minimum absolute atomic E-state index is 0.266. The molecular formula is C31H38N4O2. The molecule has 2 N–H and O–H groups in total. The van der Waals surface area contributed by atoms with E-state index in [2.05, 4.69) is 64.9 Å². The van der Waals surface area contributed by atoms with Crippen molar-refractivity contribution in [1.29, 1.82) is 5.41 Å². The van der Waals surface area contributed by atoms with Gasteiger partial charge in [0.1, 0.15) is 18.6 Å². The summed E-state index contributed by atoms with van der Waals surface area (Å²) < 4.78 is 3.99. The average molecular weight is 499 g/mol. The quantitative estimate of drug-likeness (QED) is 0.241. The Bertz CT molecular complexity index is 1460. The minimum atomic E-state index is -0.266. The summed E-state index contributed by atoms with van der Waals surface area (Å²) in [7, 11) is 1.54. The summed E-state index contributed by atoms with van der Waals surface area (Å²) in [6.07, 6.45) is 0. The van der Waals surface area contributed by atoms with Gasteiger partial charge in [-0.2, -0.15) is 0 Å². The second-order valence-corrected chi connectivity index (χ2v) is 11.6. The Labute approximate surface area is 219 Å². The topological polar surface area (TPSA) is 75.5 Å². The Kier molecular flexibility index (Phi) is 7.05. The van der Waals surface area contributed by atoms with Crippen LogP contribution in [0.3, 0.4) is 0 Å². The lowest BCUT2D eigenvalue weighted by Gasteiger charge is -2.28. The van der Waals surface area contributed by atoms with Gasteiger partial charge in [-0.25, -0.2) is 0 Å². The van der Waals surface area contributed by atoms with Crippen molar-refractivity contribution in [3.05, 3.63) is 94.6 Å². The molecule has 1 heterocycles. The molecule has 0 aliphatic rings. The molecule has 0 spiro atoms. The van der Waals surface area contributed by atoms with Gasteiger partial charge in [-0.15, -0.1) is 0 Å². The molecule has 0 fully saturated rings. The fourth-order valence-electron chi connectivity index (χ4n) is 4.76. The van der Waals surface area contributed by atoms with Crippen LogP contribution >= 0.6 is 0 Å². The normalized spacial score (nSPS) is 12.8. The predicted octanol–water partition coefficient (Wildman–Crippen LogP) is 6.32. The molecule has 0 bridgehead atoms. The fraction of sp³-hybridized carbons (Fsp3) is 0.355. The van der Waals surface area contributed by atoms with Gasteiger partial charge < -0.3 is 19.1 Å². The number of rotatable bonds is 6. The fourth-order valence-corrected chi connectivity index (χ4v) is 4.76. The van der Waals surface area contributed by atoms with Crippen molar-refractivity contribution in [2.24, 2.45) is 5.16 Å². The third-order valence-electron chi connectivity index (χ3n) is 6.73. The zero-order valence-corrected chi connectivity index (χ0v) is 23.0. The number of hydrogen-bond acceptors (Lipinski definition) is 4. The standard InChI is InChI=1S/C31H38N4O2/c1-30(2,3)23-17-22(18-24(28(23)36)31(4,5)6)25(33-37-7)20-35-27-16-12-11-15-26(27)34(29(35)32)19-21-13-9-8-10-14-21/h8-18,32,36H,19-20H2,1-7H3. The van der Waals surface area contributed by atoms with E-state index in [1.165, 1.54) is 0 Å². The lowest BCUT2D eigenvalue weighted by atomic mass is 9.78. The largest absolute Gasteiger partial charge is 0.507 e. The van der Waals surface area contributed by atoms with Gasteiger partial charge in [-0.1, -0.05) is 89.2 Å². The van der Waals surface area contributed by atoms with Crippen LogP contribution in [0.15, 0.2) is 71.9 Å². The Morgan fingerprint density at radius 1 is 0.838 bits per heavy atom. The molecule has 4 aromatic rings. The third-order valence-corrected chi connectivity index (χ3v) is 6.73. The Morgan fingerprint density at radius 2 is 1.35 bits per heavy atom. The maximum atomic E-state index is 11.2. The van der Waals surface area contributed by atoms with E-state index in [0.29, 0.717) is 30.2 Å². The van der Waals surface area contributed by atoms with E-state index < -0.39 is 0 Å². The first-order chi connectivity index (χ1) is 17.4. The molecule has 0 amide bonds. The van der Waals surface area contributed by atoms with Gasteiger partial charge in [0.05, 0.1) is 24.1 Å². The molecule has 1 aromatic heterocycles. The third kappa shape index (κ3) is 5.33. The first-order valence-corrected chi connectivity index (χ1v) is 12.7. The highest BCUT2D eigenvalue weighted by molar-refractivity contribution is 6.01. The Morgan fingerprint density at radius 3 is 1.86 bits per heavy atom. The summed E-state index contributed by atoms with van der Waals surface area (Å²) in [5.74, 6) is 0.328. The number of hydrogen-bond donors (Lipinski definition) is 2. The number of nitrogens with zero attached hydrogens (tertiary/aromatic N) is 3. The highest BCUT2D eigenvalue weighted by atomic mass is 16.6. The van der Waals surface area contributed by atoms with Gasteiger partial charge in [0.2, 0.25) is 5.62 Å². The van der Waals surface area contributed by atoms with Crippen LogP contribution in [0.5, 0.6) is 5.75 Å². The number of aromatic nitrogens is 2. The molecule has 6 nitrogen and oxygen atoms in total. The van der Waals surface area contributed by atoms with Crippen molar-refractivity contribution >= 4 is 16.7 Å². The van der Waals surface area contributed by atoms with Crippen LogP contribution in [0.4, 0.5) is 0 Å². The van der Waals surface area contributed by atoms with Gasteiger partial charge >= 0.3 is 0 Å². The molecule has 4 rings (SSSR count). The Hall–Kier alpha value is -3.80. The van der Waals surface area contributed by atoms with E-state index in [4.69, 9.17) is 10.2 Å². The summed E-state index contributed by atoms with van der Waals surface area (Å²) in [4.78, 5) is 5.31. The van der Waals surface area contributed by atoms with Crippen LogP contribution in [-0.4, -0.2) is 27.1 Å². The number of imidazole rings is 1. The summed E-state index contributed by atoms with van der Waals surface area (Å²) >= 11 is 0.